The van der Waals surface area contributed by atoms with E-state index in [2.05, 4.69) is 44.3 Å². The van der Waals surface area contributed by atoms with Crippen molar-refractivity contribution in [1.82, 2.24) is 5.32 Å². The van der Waals surface area contributed by atoms with E-state index in [1.807, 2.05) is 6.07 Å². The van der Waals surface area contributed by atoms with Crippen LogP contribution in [0.3, 0.4) is 0 Å². The summed E-state index contributed by atoms with van der Waals surface area (Å²) >= 11 is 0. The summed E-state index contributed by atoms with van der Waals surface area (Å²) < 4.78 is 11.5. The number of furan rings is 1. The van der Waals surface area contributed by atoms with E-state index < -0.39 is 0 Å². The van der Waals surface area contributed by atoms with Crippen molar-refractivity contribution in [3.8, 4) is 0 Å². The third kappa shape index (κ3) is 2.99. The standard InChI is InChI=1S/C16H23NO2/c1-5-13(18-4)16(17-6-2)15-10-12-9-11(3)7-8-14(12)19-15/h7-10,13,16-17H,5-6H2,1-4H3. The number of hydrogen-bond donors (Lipinski definition) is 1. The predicted molar refractivity (Wildman–Crippen MR) is 78.5 cm³/mol. The molecule has 0 saturated heterocycles. The number of aryl methyl sites for hydroxylation is 1. The van der Waals surface area contributed by atoms with Crippen molar-refractivity contribution in [2.24, 2.45) is 0 Å². The van der Waals surface area contributed by atoms with Gasteiger partial charge in [0.2, 0.25) is 0 Å². The summed E-state index contributed by atoms with van der Waals surface area (Å²) in [6.07, 6.45) is 1.08. The minimum atomic E-state index is 0.104. The lowest BCUT2D eigenvalue weighted by molar-refractivity contribution is 0.0591. The zero-order valence-electron chi connectivity index (χ0n) is 12.2. The summed E-state index contributed by atoms with van der Waals surface area (Å²) in [5, 5.41) is 4.61. The molecule has 0 spiro atoms. The van der Waals surface area contributed by atoms with Gasteiger partial charge >= 0.3 is 0 Å². The minimum absolute atomic E-state index is 0.104. The van der Waals surface area contributed by atoms with E-state index in [4.69, 9.17) is 9.15 Å². The molecule has 0 aliphatic carbocycles. The first-order chi connectivity index (χ1) is 9.19. The number of nitrogens with one attached hydrogen (secondary N) is 1. The highest BCUT2D eigenvalue weighted by molar-refractivity contribution is 5.78. The van der Waals surface area contributed by atoms with Crippen LogP contribution in [-0.4, -0.2) is 19.8 Å². The molecule has 0 aliphatic rings. The van der Waals surface area contributed by atoms with Crippen molar-refractivity contribution in [3.05, 3.63) is 35.6 Å². The molecule has 1 N–H and O–H groups in total. The smallest absolute Gasteiger partial charge is 0.134 e. The molecule has 0 bridgehead atoms. The number of likely N-dealkylation sites (N-methyl/N-ethyl adjacent to an activating group) is 1. The second-order valence-corrected chi connectivity index (χ2v) is 4.91. The van der Waals surface area contributed by atoms with Gasteiger partial charge in [0.05, 0.1) is 12.1 Å². The molecule has 3 heteroatoms. The Morgan fingerprint density at radius 3 is 2.68 bits per heavy atom. The molecule has 3 nitrogen and oxygen atoms in total. The Hall–Kier alpha value is -1.32. The molecule has 2 rings (SSSR count). The molecule has 1 aromatic carbocycles. The fourth-order valence-corrected chi connectivity index (χ4v) is 2.51. The molecule has 2 atom stereocenters. The van der Waals surface area contributed by atoms with Gasteiger partial charge in [0.25, 0.3) is 0 Å². The van der Waals surface area contributed by atoms with Crippen LogP contribution in [0, 0.1) is 6.92 Å². The number of hydrogen-bond acceptors (Lipinski definition) is 3. The molecule has 0 fully saturated rings. The molecule has 1 aromatic heterocycles. The fraction of sp³-hybridized carbons (Fsp3) is 0.500. The molecular weight excluding hydrogens is 238 g/mol. The van der Waals surface area contributed by atoms with E-state index in [0.717, 1.165) is 29.7 Å². The normalized spacial score (nSPS) is 14.7. The van der Waals surface area contributed by atoms with Crippen molar-refractivity contribution < 1.29 is 9.15 Å². The van der Waals surface area contributed by atoms with Gasteiger partial charge in [-0.3, -0.25) is 0 Å². The molecule has 19 heavy (non-hydrogen) atoms. The number of ether oxygens (including phenoxy) is 1. The summed E-state index contributed by atoms with van der Waals surface area (Å²) in [5.74, 6) is 0.955. The Bertz CT molecular complexity index is 529. The highest BCUT2D eigenvalue weighted by Crippen LogP contribution is 2.28. The third-order valence-corrected chi connectivity index (χ3v) is 3.50. The summed E-state index contributed by atoms with van der Waals surface area (Å²) in [6.45, 7) is 7.21. The van der Waals surface area contributed by atoms with Crippen molar-refractivity contribution in [3.63, 3.8) is 0 Å². The molecule has 2 unspecified atom stereocenters. The lowest BCUT2D eigenvalue weighted by Crippen LogP contribution is -2.32. The Kier molecular flexibility index (Phi) is 4.61. The number of fused-ring (bicyclic) bond motifs is 1. The lowest BCUT2D eigenvalue weighted by atomic mass is 10.1. The van der Waals surface area contributed by atoms with Crippen molar-refractivity contribution in [2.45, 2.75) is 39.3 Å². The van der Waals surface area contributed by atoms with E-state index in [1.165, 1.54) is 5.56 Å². The zero-order valence-corrected chi connectivity index (χ0v) is 12.2. The molecule has 0 saturated carbocycles. The molecule has 0 aliphatic heterocycles. The molecular formula is C16H23NO2. The first-order valence-electron chi connectivity index (χ1n) is 6.95. The fourth-order valence-electron chi connectivity index (χ4n) is 2.51. The van der Waals surface area contributed by atoms with Crippen LogP contribution in [0.25, 0.3) is 11.0 Å². The maximum atomic E-state index is 5.98. The van der Waals surface area contributed by atoms with Crippen LogP contribution in [-0.2, 0) is 4.74 Å². The van der Waals surface area contributed by atoms with Gasteiger partial charge in [-0.05, 0) is 38.1 Å². The summed E-state index contributed by atoms with van der Waals surface area (Å²) in [6, 6.07) is 8.49. The maximum Gasteiger partial charge on any atom is 0.134 e. The van der Waals surface area contributed by atoms with Crippen LogP contribution in [0.5, 0.6) is 0 Å². The van der Waals surface area contributed by atoms with Gasteiger partial charge in [0, 0.05) is 12.5 Å². The Labute approximate surface area is 114 Å². The van der Waals surface area contributed by atoms with Crippen LogP contribution in [0.15, 0.2) is 28.7 Å². The van der Waals surface area contributed by atoms with E-state index >= 15 is 0 Å². The predicted octanol–water partition coefficient (Wildman–Crippen LogP) is 3.82. The van der Waals surface area contributed by atoms with Crippen LogP contribution >= 0.6 is 0 Å². The van der Waals surface area contributed by atoms with Gasteiger partial charge in [-0.2, -0.15) is 0 Å². The highest BCUT2D eigenvalue weighted by atomic mass is 16.5. The molecule has 0 amide bonds. The Morgan fingerprint density at radius 2 is 2.05 bits per heavy atom. The zero-order chi connectivity index (χ0) is 13.8. The van der Waals surface area contributed by atoms with Gasteiger partial charge in [-0.25, -0.2) is 0 Å². The summed E-state index contributed by atoms with van der Waals surface area (Å²) in [5.41, 5.74) is 2.19. The third-order valence-electron chi connectivity index (χ3n) is 3.50. The van der Waals surface area contributed by atoms with Gasteiger partial charge in [-0.15, -0.1) is 0 Å². The monoisotopic (exact) mass is 261 g/mol. The molecule has 1 heterocycles. The van der Waals surface area contributed by atoms with Crippen LogP contribution < -0.4 is 5.32 Å². The van der Waals surface area contributed by atoms with Crippen LogP contribution in [0.1, 0.15) is 37.6 Å². The maximum absolute atomic E-state index is 5.98. The van der Waals surface area contributed by atoms with E-state index in [0.29, 0.717) is 0 Å². The first-order valence-corrected chi connectivity index (χ1v) is 6.95. The van der Waals surface area contributed by atoms with Crippen molar-refractivity contribution in [1.29, 1.82) is 0 Å². The van der Waals surface area contributed by atoms with Gasteiger partial charge < -0.3 is 14.5 Å². The second kappa shape index (κ2) is 6.22. The van der Waals surface area contributed by atoms with Crippen LogP contribution in [0.2, 0.25) is 0 Å². The average Bonchev–Trinajstić information content (AvgIpc) is 2.81. The average molecular weight is 261 g/mol. The first kappa shape index (κ1) is 14.1. The minimum Gasteiger partial charge on any atom is -0.459 e. The largest absolute Gasteiger partial charge is 0.459 e. The topological polar surface area (TPSA) is 34.4 Å². The molecule has 2 aromatic rings. The number of rotatable bonds is 6. The highest BCUT2D eigenvalue weighted by Gasteiger charge is 2.24. The van der Waals surface area contributed by atoms with Crippen molar-refractivity contribution in [2.75, 3.05) is 13.7 Å². The quantitative estimate of drug-likeness (QED) is 0.858. The number of benzene rings is 1. The van der Waals surface area contributed by atoms with E-state index in [1.54, 1.807) is 7.11 Å². The van der Waals surface area contributed by atoms with E-state index in [9.17, 15) is 0 Å². The Morgan fingerprint density at radius 1 is 1.26 bits per heavy atom. The van der Waals surface area contributed by atoms with E-state index in [-0.39, 0.29) is 12.1 Å². The van der Waals surface area contributed by atoms with Crippen LogP contribution in [0.4, 0.5) is 0 Å². The SMILES string of the molecule is CCNC(c1cc2cc(C)ccc2o1)C(CC)OC. The molecule has 104 valence electrons. The van der Waals surface area contributed by atoms with Gasteiger partial charge in [0.15, 0.2) is 0 Å². The lowest BCUT2D eigenvalue weighted by Gasteiger charge is -2.23. The number of methoxy groups -OCH3 is 1. The second-order valence-electron chi connectivity index (χ2n) is 4.91. The Balaban J connectivity index is 2.38. The van der Waals surface area contributed by atoms with Gasteiger partial charge in [0.1, 0.15) is 11.3 Å². The summed E-state index contributed by atoms with van der Waals surface area (Å²) in [7, 11) is 1.76. The van der Waals surface area contributed by atoms with Gasteiger partial charge in [-0.1, -0.05) is 25.5 Å². The molecule has 0 radical (unpaired) electrons. The summed E-state index contributed by atoms with van der Waals surface area (Å²) in [4.78, 5) is 0. The van der Waals surface area contributed by atoms with Crippen molar-refractivity contribution >= 4 is 11.0 Å².